The van der Waals surface area contributed by atoms with Crippen LogP contribution in [0.3, 0.4) is 0 Å². The van der Waals surface area contributed by atoms with Crippen LogP contribution in [0.15, 0.2) is 91.0 Å². The monoisotopic (exact) mass is 998 g/mol. The van der Waals surface area contributed by atoms with Crippen molar-refractivity contribution in [2.45, 2.75) is 108 Å². The summed E-state index contributed by atoms with van der Waals surface area (Å²) < 4.78 is 9.65. The number of anilines is 2. The molecule has 3 N–H and O–H groups in total. The number of likely N-dealkylation sites (tertiary alicyclic amines) is 1. The number of fused-ring (bicyclic) bond motifs is 3. The van der Waals surface area contributed by atoms with E-state index in [4.69, 9.17) is 14.8 Å². The average molecular weight is 999 g/mol. The molecule has 11 rings (SSSR count). The summed E-state index contributed by atoms with van der Waals surface area (Å²) in [5.74, 6) is 0.228. The number of carbonyl (C=O) groups is 4. The molecule has 1 unspecified atom stereocenters. The maximum atomic E-state index is 13.7. The highest BCUT2D eigenvalue weighted by atomic mass is 32.1. The summed E-state index contributed by atoms with van der Waals surface area (Å²) in [5.41, 5.74) is 8.78. The number of carboxylic acids is 1. The molecule has 1 saturated carbocycles. The van der Waals surface area contributed by atoms with Gasteiger partial charge in [-0.3, -0.25) is 29.7 Å². The van der Waals surface area contributed by atoms with Gasteiger partial charge in [0.1, 0.15) is 11.6 Å². The maximum Gasteiger partial charge on any atom is 0.355 e. The van der Waals surface area contributed by atoms with Gasteiger partial charge in [-0.15, -0.1) is 0 Å². The largest absolute Gasteiger partial charge is 0.490 e. The van der Waals surface area contributed by atoms with Gasteiger partial charge in [-0.2, -0.15) is 5.10 Å². The molecule has 0 radical (unpaired) electrons. The number of hydrogen-bond acceptors (Lipinski definition) is 11. The number of aromatic carboxylic acids is 1. The minimum atomic E-state index is -1.10. The summed E-state index contributed by atoms with van der Waals surface area (Å²) in [6.45, 7) is 6.28. The third-order valence-corrected chi connectivity index (χ3v) is 16.8. The van der Waals surface area contributed by atoms with E-state index in [1.54, 1.807) is 0 Å². The molecule has 3 amide bonds. The molecule has 3 fully saturated rings. The number of rotatable bonds is 14. The molecule has 0 spiro atoms. The smallest absolute Gasteiger partial charge is 0.355 e. The number of benzene rings is 4. The number of amides is 3. The van der Waals surface area contributed by atoms with E-state index in [9.17, 15) is 24.3 Å². The Labute approximate surface area is 429 Å². The first kappa shape index (κ1) is 48.3. The number of nitrogens with one attached hydrogen (secondary N) is 2. The molecule has 3 aromatic heterocycles. The molecular weight excluding hydrogens is 937 g/mol. The molecule has 2 saturated heterocycles. The van der Waals surface area contributed by atoms with E-state index in [2.05, 4.69) is 49.7 Å². The van der Waals surface area contributed by atoms with Crippen molar-refractivity contribution in [2.75, 3.05) is 36.4 Å². The van der Waals surface area contributed by atoms with Crippen LogP contribution >= 0.6 is 11.3 Å². The fraction of sp³-hybridized carbons (Fsp3) is 0.397. The summed E-state index contributed by atoms with van der Waals surface area (Å²) in [7, 11) is 1.97. The van der Waals surface area contributed by atoms with Crippen molar-refractivity contribution in [3.05, 3.63) is 130 Å². The van der Waals surface area contributed by atoms with Crippen LogP contribution in [0.2, 0.25) is 0 Å². The Hall–Kier alpha value is -6.97. The summed E-state index contributed by atoms with van der Waals surface area (Å²) in [6.07, 6.45) is 11.8. The Morgan fingerprint density at radius 3 is 2.53 bits per heavy atom. The van der Waals surface area contributed by atoms with E-state index >= 15 is 0 Å². The minimum Gasteiger partial charge on any atom is -0.490 e. The van der Waals surface area contributed by atoms with E-state index in [-0.39, 0.29) is 29.5 Å². The third-order valence-electron chi connectivity index (χ3n) is 15.9. The van der Waals surface area contributed by atoms with Gasteiger partial charge in [-0.05, 0) is 154 Å². The average Bonchev–Trinajstić information content (AvgIpc) is 3.98. The van der Waals surface area contributed by atoms with Crippen LogP contribution in [0.4, 0.5) is 10.9 Å². The van der Waals surface area contributed by atoms with Crippen LogP contribution in [0.5, 0.6) is 5.75 Å². The highest BCUT2D eigenvalue weighted by Crippen LogP contribution is 2.39. The molecule has 4 aromatic carbocycles. The van der Waals surface area contributed by atoms with Crippen molar-refractivity contribution < 1.29 is 29.0 Å². The van der Waals surface area contributed by atoms with Crippen molar-refractivity contribution in [1.29, 1.82) is 0 Å². The van der Waals surface area contributed by atoms with Gasteiger partial charge in [-0.1, -0.05) is 78.8 Å². The SMILES string of the molecule is Cc1c(O[C@H]2CC[C@H](CCCCN3CCC[C@@H](c4cccc5c(C6CCC(=O)NC6=O)nn(C)c45)C3)CC2)cccc1-c1ccc(N2CCc3cccc(C(=O)Nc4nc5ccccc5s4)c3C2)nc1C(=O)O. The minimum absolute atomic E-state index is 0.0181. The number of imide groups is 1. The van der Waals surface area contributed by atoms with Gasteiger partial charge in [0.05, 0.1) is 33.4 Å². The molecule has 0 bridgehead atoms. The second-order valence-electron chi connectivity index (χ2n) is 20.5. The Morgan fingerprint density at radius 1 is 0.863 bits per heavy atom. The lowest BCUT2D eigenvalue weighted by Gasteiger charge is -2.33. The topological polar surface area (TPSA) is 172 Å². The van der Waals surface area contributed by atoms with E-state index in [0.29, 0.717) is 66.3 Å². The van der Waals surface area contributed by atoms with E-state index < -0.39 is 11.9 Å². The Morgan fingerprint density at radius 2 is 1.70 bits per heavy atom. The molecule has 376 valence electrons. The highest BCUT2D eigenvalue weighted by molar-refractivity contribution is 7.22. The first-order valence-electron chi connectivity index (χ1n) is 26.1. The zero-order valence-corrected chi connectivity index (χ0v) is 42.4. The molecule has 6 heterocycles. The van der Waals surface area contributed by atoms with Crippen LogP contribution in [-0.2, 0) is 29.6 Å². The summed E-state index contributed by atoms with van der Waals surface area (Å²) >= 11 is 1.44. The van der Waals surface area contributed by atoms with Gasteiger partial charge in [-0.25, -0.2) is 14.8 Å². The zero-order valence-electron chi connectivity index (χ0n) is 41.6. The normalized spacial score (nSPS) is 20.5. The lowest BCUT2D eigenvalue weighted by Crippen LogP contribution is -2.39. The van der Waals surface area contributed by atoms with Gasteiger partial charge in [0.2, 0.25) is 11.8 Å². The van der Waals surface area contributed by atoms with Crippen LogP contribution in [0.1, 0.15) is 131 Å². The molecule has 7 aromatic rings. The van der Waals surface area contributed by atoms with Gasteiger partial charge < -0.3 is 19.6 Å². The first-order chi connectivity index (χ1) is 35.5. The Bertz CT molecular complexity index is 3220. The number of pyridine rings is 1. The number of para-hydroxylation sites is 2. The van der Waals surface area contributed by atoms with Crippen molar-refractivity contribution >= 4 is 67.1 Å². The summed E-state index contributed by atoms with van der Waals surface area (Å²) in [5, 5.41) is 22.5. The zero-order chi connectivity index (χ0) is 50.2. The van der Waals surface area contributed by atoms with Crippen molar-refractivity contribution in [3.8, 4) is 16.9 Å². The molecule has 2 atom stereocenters. The van der Waals surface area contributed by atoms with Gasteiger partial charge in [0.15, 0.2) is 10.8 Å². The first-order valence-corrected chi connectivity index (χ1v) is 26.9. The van der Waals surface area contributed by atoms with Crippen molar-refractivity contribution in [2.24, 2.45) is 13.0 Å². The second kappa shape index (κ2) is 20.9. The van der Waals surface area contributed by atoms with Crippen LogP contribution in [0, 0.1) is 12.8 Å². The number of aromatic nitrogens is 4. The predicted octanol–water partition coefficient (Wildman–Crippen LogP) is 10.6. The van der Waals surface area contributed by atoms with Crippen LogP contribution in [0.25, 0.3) is 32.2 Å². The number of thiazole rings is 1. The standard InChI is InChI=1S/C58H62N8O6S/c1-35-40(42-25-27-50(60-53(42)57(70)71)66-32-29-37-12-7-16-43(46(37)34-66)55(68)62-58-59-47-18-3-4-20-49(47)73-58)14-9-19-48(35)72-39-23-21-36(22-24-39)11-5-6-30-65-31-10-13-38(33-65)41-15-8-17-44-52(63-64(2)54(41)44)45-26-28-51(67)61-56(45)69/h3-4,7-9,12,14-20,25,27,36,38-39,45H,5-6,10-11,13,21-24,26,28-34H2,1-2H3,(H,70,71)(H,59,62,68)(H,61,67,69)/t36-,38-,39-,45?/m1/s1. The molecular formula is C58H62N8O6S. The quantitative estimate of drug-likeness (QED) is 0.0699. The number of carbonyl (C=O) groups excluding carboxylic acids is 3. The van der Waals surface area contributed by atoms with Crippen LogP contribution < -0.4 is 20.3 Å². The molecule has 14 nitrogen and oxygen atoms in total. The third kappa shape index (κ3) is 10.1. The number of aryl methyl sites for hydroxylation is 1. The molecule has 3 aliphatic heterocycles. The van der Waals surface area contributed by atoms with Gasteiger partial charge in [0.25, 0.3) is 5.91 Å². The van der Waals surface area contributed by atoms with Crippen molar-refractivity contribution in [1.82, 2.24) is 30.0 Å². The number of piperidine rings is 2. The number of ether oxygens (including phenoxy) is 1. The van der Waals surface area contributed by atoms with Crippen LogP contribution in [-0.4, -0.2) is 85.7 Å². The van der Waals surface area contributed by atoms with E-state index in [0.717, 1.165) is 113 Å². The van der Waals surface area contributed by atoms with Crippen molar-refractivity contribution in [3.63, 3.8) is 0 Å². The summed E-state index contributed by atoms with van der Waals surface area (Å²) in [4.78, 5) is 65.3. The number of unbranched alkanes of at least 4 members (excludes halogenated alkanes) is 1. The van der Waals surface area contributed by atoms with E-state index in [1.165, 1.54) is 36.2 Å². The molecule has 15 heteroatoms. The van der Waals surface area contributed by atoms with Gasteiger partial charge in [0, 0.05) is 49.6 Å². The summed E-state index contributed by atoms with van der Waals surface area (Å²) in [6, 6.07) is 29.6. The highest BCUT2D eigenvalue weighted by Gasteiger charge is 2.34. The van der Waals surface area contributed by atoms with E-state index in [1.807, 2.05) is 85.4 Å². The van der Waals surface area contributed by atoms with Gasteiger partial charge >= 0.3 is 5.97 Å². The Kier molecular flexibility index (Phi) is 13.8. The lowest BCUT2D eigenvalue weighted by atomic mass is 9.84. The fourth-order valence-corrected chi connectivity index (χ4v) is 12.9. The number of hydrogen-bond donors (Lipinski definition) is 3. The molecule has 1 aliphatic carbocycles. The fourth-order valence-electron chi connectivity index (χ4n) is 12.1. The predicted molar refractivity (Wildman–Crippen MR) is 285 cm³/mol. The molecule has 4 aliphatic rings. The lowest BCUT2D eigenvalue weighted by molar-refractivity contribution is -0.134. The number of carboxylic acid groups (broad SMARTS) is 1. The maximum absolute atomic E-state index is 13.7. The number of nitrogens with zero attached hydrogens (tertiary/aromatic N) is 6. The second-order valence-corrected chi connectivity index (χ2v) is 21.5. The Balaban J connectivity index is 0.674. The molecule has 73 heavy (non-hydrogen) atoms.